The second-order valence-electron chi connectivity index (χ2n) is 9.25. The third kappa shape index (κ3) is 7.68. The average molecular weight is 542 g/mol. The molecule has 39 heavy (non-hydrogen) atoms. The number of carbonyl (C=O) groups excluding carboxylic acids is 1. The lowest BCUT2D eigenvalue weighted by Crippen LogP contribution is -2.31. The predicted molar refractivity (Wildman–Crippen MR) is 152 cm³/mol. The van der Waals surface area contributed by atoms with Gasteiger partial charge < -0.3 is 25.2 Å². The lowest BCUT2D eigenvalue weighted by molar-refractivity contribution is -0.245. The number of pyridine rings is 1. The van der Waals surface area contributed by atoms with E-state index in [-0.39, 0.29) is 24.8 Å². The number of hydrogen-bond donors (Lipinski definition) is 3. The molecule has 0 spiro atoms. The van der Waals surface area contributed by atoms with Crippen LogP contribution in [0.2, 0.25) is 0 Å². The molecule has 8 heteroatoms. The number of rotatable bonds is 9. The third-order valence-corrected chi connectivity index (χ3v) is 7.46. The Morgan fingerprint density at radius 3 is 2.49 bits per heavy atom. The van der Waals surface area contributed by atoms with Crippen LogP contribution in [0.1, 0.15) is 41.1 Å². The fraction of sp³-hybridized carbons (Fsp3) is 0.226. The molecule has 5 rings (SSSR count). The minimum Gasteiger partial charge on any atom is -0.392 e. The zero-order chi connectivity index (χ0) is 26.9. The van der Waals surface area contributed by atoms with E-state index in [4.69, 9.17) is 9.47 Å². The molecule has 1 aromatic heterocycles. The van der Waals surface area contributed by atoms with Crippen LogP contribution in [0.5, 0.6) is 0 Å². The first-order valence-corrected chi connectivity index (χ1v) is 13.9. The van der Waals surface area contributed by atoms with Crippen LogP contribution in [0.25, 0.3) is 0 Å². The van der Waals surface area contributed by atoms with Crippen LogP contribution in [-0.4, -0.2) is 28.0 Å². The summed E-state index contributed by atoms with van der Waals surface area (Å²) in [6.45, 7) is 0.438. The summed E-state index contributed by atoms with van der Waals surface area (Å²) in [5, 5.41) is 16.2. The Labute approximate surface area is 232 Å². The second-order valence-corrected chi connectivity index (χ2v) is 10.3. The zero-order valence-electron chi connectivity index (χ0n) is 21.4. The molecule has 4 aromatic rings. The molecular weight excluding hydrogens is 510 g/mol. The van der Waals surface area contributed by atoms with E-state index in [0.29, 0.717) is 18.7 Å². The van der Waals surface area contributed by atoms with Gasteiger partial charge in [-0.2, -0.15) is 0 Å². The highest BCUT2D eigenvalue weighted by Gasteiger charge is 2.32. The number of urea groups is 1. The highest BCUT2D eigenvalue weighted by atomic mass is 32.2. The molecule has 1 aliphatic heterocycles. The Morgan fingerprint density at radius 1 is 0.897 bits per heavy atom. The first-order valence-electron chi connectivity index (χ1n) is 12.9. The van der Waals surface area contributed by atoms with Gasteiger partial charge in [-0.15, -0.1) is 11.8 Å². The van der Waals surface area contributed by atoms with Crippen LogP contribution >= 0.6 is 11.8 Å². The van der Waals surface area contributed by atoms with Crippen molar-refractivity contribution in [3.63, 3.8) is 0 Å². The Kier molecular flexibility index (Phi) is 9.24. The summed E-state index contributed by atoms with van der Waals surface area (Å²) in [4.78, 5) is 16.9. The molecule has 1 saturated heterocycles. The van der Waals surface area contributed by atoms with E-state index in [9.17, 15) is 9.90 Å². The number of aromatic nitrogens is 1. The van der Waals surface area contributed by atoms with Crippen LogP contribution in [0, 0.1) is 0 Å². The van der Waals surface area contributed by atoms with E-state index in [1.54, 1.807) is 18.0 Å². The number of aliphatic hydroxyl groups excluding tert-OH is 1. The van der Waals surface area contributed by atoms with E-state index in [2.05, 4.69) is 15.6 Å². The van der Waals surface area contributed by atoms with Gasteiger partial charge in [-0.05, 0) is 41.0 Å². The second kappa shape index (κ2) is 13.4. The van der Waals surface area contributed by atoms with Crippen LogP contribution in [-0.2, 0) is 22.6 Å². The molecule has 2 heterocycles. The Bertz CT molecular complexity index is 1340. The maximum Gasteiger partial charge on any atom is 0.319 e. The van der Waals surface area contributed by atoms with Gasteiger partial charge in [0.05, 0.1) is 23.8 Å². The number of ether oxygens (including phenoxy) is 2. The van der Waals surface area contributed by atoms with Crippen molar-refractivity contribution in [2.45, 2.75) is 43.1 Å². The molecule has 0 radical (unpaired) electrons. The van der Waals surface area contributed by atoms with Gasteiger partial charge in [-0.1, -0.05) is 72.8 Å². The minimum atomic E-state index is -0.607. The molecule has 1 fully saturated rings. The summed E-state index contributed by atoms with van der Waals surface area (Å²) in [7, 11) is 0. The van der Waals surface area contributed by atoms with Crippen molar-refractivity contribution >= 4 is 23.5 Å². The largest absolute Gasteiger partial charge is 0.392 e. The highest BCUT2D eigenvalue weighted by Crippen LogP contribution is 2.39. The Hall–Kier alpha value is -3.69. The van der Waals surface area contributed by atoms with E-state index in [1.165, 1.54) is 0 Å². The van der Waals surface area contributed by atoms with Gasteiger partial charge in [-0.25, -0.2) is 9.78 Å². The quantitative estimate of drug-likeness (QED) is 0.218. The monoisotopic (exact) mass is 541 g/mol. The Balaban J connectivity index is 1.28. The number of anilines is 1. The standard InChI is InChI=1S/C31H31N3O4S/c35-20-23-12-14-24(15-13-23)28-18-27(21-39-29-11-4-5-16-32-29)37-30(38-28)25-9-6-10-26(17-25)34-31(36)33-19-22-7-2-1-3-8-22/h1-17,27-28,30,35H,18-21H2,(H2,33,34,36)/t27-,28+,30+/m0/s1. The van der Waals surface area contributed by atoms with Crippen LogP contribution < -0.4 is 10.6 Å². The molecule has 7 nitrogen and oxygen atoms in total. The van der Waals surface area contributed by atoms with Crippen molar-refractivity contribution in [1.29, 1.82) is 0 Å². The van der Waals surface area contributed by atoms with Crippen molar-refractivity contribution in [2.75, 3.05) is 11.1 Å². The Morgan fingerprint density at radius 2 is 1.72 bits per heavy atom. The van der Waals surface area contributed by atoms with Crippen LogP contribution in [0.15, 0.2) is 108 Å². The third-order valence-electron chi connectivity index (χ3n) is 6.38. The number of aliphatic hydroxyl groups is 1. The number of hydrogen-bond acceptors (Lipinski definition) is 6. The summed E-state index contributed by atoms with van der Waals surface area (Å²) in [6.07, 6.45) is 1.61. The van der Waals surface area contributed by atoms with Crippen molar-refractivity contribution in [1.82, 2.24) is 10.3 Å². The molecule has 3 atom stereocenters. The van der Waals surface area contributed by atoms with Gasteiger partial charge >= 0.3 is 6.03 Å². The van der Waals surface area contributed by atoms with Crippen molar-refractivity contribution < 1.29 is 19.4 Å². The van der Waals surface area contributed by atoms with Gasteiger partial charge in [0.2, 0.25) is 0 Å². The molecule has 200 valence electrons. The number of nitrogens with zero attached hydrogens (tertiary/aromatic N) is 1. The molecular formula is C31H31N3O4S. The van der Waals surface area contributed by atoms with Crippen molar-refractivity contribution in [3.8, 4) is 0 Å². The molecule has 0 unspecified atom stereocenters. The lowest BCUT2D eigenvalue weighted by atomic mass is 10.0. The summed E-state index contributed by atoms with van der Waals surface area (Å²) in [5.74, 6) is 0.724. The highest BCUT2D eigenvalue weighted by molar-refractivity contribution is 7.99. The molecule has 3 aromatic carbocycles. The fourth-order valence-electron chi connectivity index (χ4n) is 4.35. The smallest absolute Gasteiger partial charge is 0.319 e. The van der Waals surface area contributed by atoms with Gasteiger partial charge in [0.1, 0.15) is 0 Å². The topological polar surface area (TPSA) is 92.7 Å². The SMILES string of the molecule is O=C(NCc1ccccc1)Nc1cccc([C@@H]2O[C@H](CSc3ccccn3)C[C@H](c3ccc(CO)cc3)O2)c1. The number of carbonyl (C=O) groups is 1. The number of thioether (sulfide) groups is 1. The van der Waals surface area contributed by atoms with E-state index in [1.807, 2.05) is 97.1 Å². The van der Waals surface area contributed by atoms with E-state index < -0.39 is 6.29 Å². The van der Waals surface area contributed by atoms with Crippen molar-refractivity contribution in [3.05, 3.63) is 126 Å². The first-order chi connectivity index (χ1) is 19.2. The number of amides is 2. The minimum absolute atomic E-state index is 0.000398. The first kappa shape index (κ1) is 26.9. The molecule has 0 saturated carbocycles. The van der Waals surface area contributed by atoms with E-state index in [0.717, 1.165) is 33.0 Å². The number of nitrogens with one attached hydrogen (secondary N) is 2. The van der Waals surface area contributed by atoms with E-state index >= 15 is 0 Å². The van der Waals surface area contributed by atoms with Gasteiger partial charge in [0.25, 0.3) is 0 Å². The van der Waals surface area contributed by atoms with Gasteiger partial charge in [-0.3, -0.25) is 0 Å². The summed E-state index contributed by atoms with van der Waals surface area (Å²) in [5.41, 5.74) is 4.38. The summed E-state index contributed by atoms with van der Waals surface area (Å²) in [6, 6.07) is 30.7. The summed E-state index contributed by atoms with van der Waals surface area (Å²) >= 11 is 1.65. The van der Waals surface area contributed by atoms with Crippen LogP contribution in [0.4, 0.5) is 10.5 Å². The average Bonchev–Trinajstić information content (AvgIpc) is 3.00. The van der Waals surface area contributed by atoms with Crippen LogP contribution in [0.3, 0.4) is 0 Å². The molecule has 1 aliphatic rings. The van der Waals surface area contributed by atoms with Crippen molar-refractivity contribution in [2.24, 2.45) is 0 Å². The zero-order valence-corrected chi connectivity index (χ0v) is 22.2. The predicted octanol–water partition coefficient (Wildman–Crippen LogP) is 6.23. The maximum atomic E-state index is 12.5. The summed E-state index contributed by atoms with van der Waals surface area (Å²) < 4.78 is 12.9. The lowest BCUT2D eigenvalue weighted by Gasteiger charge is -2.36. The molecule has 2 amide bonds. The van der Waals surface area contributed by atoms with Gasteiger partial charge in [0.15, 0.2) is 6.29 Å². The maximum absolute atomic E-state index is 12.5. The number of benzene rings is 3. The molecule has 3 N–H and O–H groups in total. The fourth-order valence-corrected chi connectivity index (χ4v) is 5.23. The normalized spacial score (nSPS) is 18.8. The molecule has 0 bridgehead atoms. The molecule has 0 aliphatic carbocycles. The van der Waals surface area contributed by atoms with Gasteiger partial charge in [0, 0.05) is 36.2 Å².